The highest BCUT2D eigenvalue weighted by atomic mass is 16.1. The lowest BCUT2D eigenvalue weighted by molar-refractivity contribution is 0.572. The molecule has 2 aromatic heterocycles. The van der Waals surface area contributed by atoms with E-state index in [2.05, 4.69) is 35.1 Å². The first kappa shape index (κ1) is 15.5. The number of hydrogen-bond donors (Lipinski definition) is 1. The third-order valence-electron chi connectivity index (χ3n) is 4.78. The molecule has 0 aromatic carbocycles. The van der Waals surface area contributed by atoms with Gasteiger partial charge in [-0.05, 0) is 66.8 Å². The van der Waals surface area contributed by atoms with Gasteiger partial charge in [0.15, 0.2) is 0 Å². The molecule has 0 radical (unpaired) electrons. The fraction of sp³-hybridized carbons (Fsp3) is 0.421. The molecule has 0 aliphatic heterocycles. The smallest absolute Gasteiger partial charge is 0.266 e. The predicted molar refractivity (Wildman–Crippen MR) is 89.4 cm³/mol. The highest BCUT2D eigenvalue weighted by Gasteiger charge is 2.26. The van der Waals surface area contributed by atoms with E-state index in [1.807, 2.05) is 12.4 Å². The minimum absolute atomic E-state index is 0.222. The van der Waals surface area contributed by atoms with Crippen LogP contribution in [0.5, 0.6) is 0 Å². The molecule has 4 nitrogen and oxygen atoms in total. The van der Waals surface area contributed by atoms with Crippen molar-refractivity contribution in [2.75, 3.05) is 0 Å². The SMILES string of the molecule is CCCCc1[nH]c(=O)c(C#N)c2c1CC(c1ccncc1)CC2. The Bertz CT molecular complexity index is 787. The van der Waals surface area contributed by atoms with Gasteiger partial charge in [0.2, 0.25) is 0 Å². The molecule has 4 heteroatoms. The average molecular weight is 307 g/mol. The molecule has 0 fully saturated rings. The van der Waals surface area contributed by atoms with Crippen LogP contribution in [0, 0.1) is 11.3 Å². The molecular formula is C19H21N3O. The van der Waals surface area contributed by atoms with Crippen LogP contribution in [0.15, 0.2) is 29.3 Å². The summed E-state index contributed by atoms with van der Waals surface area (Å²) in [6.45, 7) is 2.15. The van der Waals surface area contributed by atoms with E-state index in [1.165, 1.54) is 11.1 Å². The Labute approximate surface area is 136 Å². The van der Waals surface area contributed by atoms with Crippen molar-refractivity contribution in [1.82, 2.24) is 9.97 Å². The van der Waals surface area contributed by atoms with E-state index >= 15 is 0 Å². The number of H-pyrrole nitrogens is 1. The van der Waals surface area contributed by atoms with Gasteiger partial charge >= 0.3 is 0 Å². The Hall–Kier alpha value is -2.41. The van der Waals surface area contributed by atoms with Crippen LogP contribution < -0.4 is 5.56 Å². The molecule has 0 saturated carbocycles. The quantitative estimate of drug-likeness (QED) is 0.942. The van der Waals surface area contributed by atoms with Crippen molar-refractivity contribution >= 4 is 0 Å². The lowest BCUT2D eigenvalue weighted by Crippen LogP contribution is -2.24. The molecule has 118 valence electrons. The predicted octanol–water partition coefficient (Wildman–Crippen LogP) is 3.26. The van der Waals surface area contributed by atoms with Gasteiger partial charge < -0.3 is 4.98 Å². The first-order chi connectivity index (χ1) is 11.2. The summed E-state index contributed by atoms with van der Waals surface area (Å²) < 4.78 is 0. The maximum absolute atomic E-state index is 12.2. The normalized spacial score (nSPS) is 16.6. The summed E-state index contributed by atoms with van der Waals surface area (Å²) in [7, 11) is 0. The van der Waals surface area contributed by atoms with Gasteiger partial charge in [-0.25, -0.2) is 0 Å². The minimum Gasteiger partial charge on any atom is -0.325 e. The molecule has 1 N–H and O–H groups in total. The second-order valence-electron chi connectivity index (χ2n) is 6.20. The number of nitrogens with zero attached hydrogens (tertiary/aromatic N) is 2. The number of pyridine rings is 2. The Morgan fingerprint density at radius 1 is 1.35 bits per heavy atom. The second kappa shape index (κ2) is 6.78. The van der Waals surface area contributed by atoms with Crippen LogP contribution in [0.4, 0.5) is 0 Å². The van der Waals surface area contributed by atoms with Crippen LogP contribution in [0.3, 0.4) is 0 Å². The summed E-state index contributed by atoms with van der Waals surface area (Å²) in [4.78, 5) is 19.2. The molecule has 2 heterocycles. The minimum atomic E-state index is -0.222. The molecule has 0 saturated heterocycles. The maximum Gasteiger partial charge on any atom is 0.266 e. The number of fused-ring (bicyclic) bond motifs is 1. The molecule has 1 unspecified atom stereocenters. The Morgan fingerprint density at radius 2 is 2.13 bits per heavy atom. The van der Waals surface area contributed by atoms with Crippen LogP contribution >= 0.6 is 0 Å². The number of hydrogen-bond acceptors (Lipinski definition) is 3. The van der Waals surface area contributed by atoms with Crippen molar-refractivity contribution in [1.29, 1.82) is 5.26 Å². The fourth-order valence-corrected chi connectivity index (χ4v) is 3.54. The number of aromatic nitrogens is 2. The molecule has 23 heavy (non-hydrogen) atoms. The summed E-state index contributed by atoms with van der Waals surface area (Å²) in [5.74, 6) is 0.434. The van der Waals surface area contributed by atoms with Crippen LogP contribution in [-0.4, -0.2) is 9.97 Å². The summed E-state index contributed by atoms with van der Waals surface area (Å²) in [6.07, 6.45) is 9.34. The van der Waals surface area contributed by atoms with Crippen LogP contribution in [-0.2, 0) is 19.3 Å². The monoisotopic (exact) mass is 307 g/mol. The van der Waals surface area contributed by atoms with E-state index in [0.29, 0.717) is 11.5 Å². The van der Waals surface area contributed by atoms with Gasteiger partial charge in [0.25, 0.3) is 5.56 Å². The van der Waals surface area contributed by atoms with Crippen molar-refractivity contribution in [3.8, 4) is 6.07 Å². The molecule has 2 aromatic rings. The first-order valence-corrected chi connectivity index (χ1v) is 8.31. The molecular weight excluding hydrogens is 286 g/mol. The van der Waals surface area contributed by atoms with E-state index in [0.717, 1.165) is 49.8 Å². The zero-order chi connectivity index (χ0) is 16.2. The van der Waals surface area contributed by atoms with Crippen LogP contribution in [0.25, 0.3) is 0 Å². The van der Waals surface area contributed by atoms with E-state index < -0.39 is 0 Å². The average Bonchev–Trinajstić information content (AvgIpc) is 2.60. The van der Waals surface area contributed by atoms with E-state index in [4.69, 9.17) is 0 Å². The third-order valence-corrected chi connectivity index (χ3v) is 4.78. The van der Waals surface area contributed by atoms with Crippen molar-refractivity contribution in [2.45, 2.75) is 51.4 Å². The number of nitrogens with one attached hydrogen (secondary N) is 1. The van der Waals surface area contributed by atoms with Gasteiger partial charge in [0.1, 0.15) is 11.6 Å². The standard InChI is InChI=1S/C19H21N3O/c1-2-3-4-18-16-11-14(13-7-9-21-10-8-13)5-6-15(16)17(12-20)19(23)22-18/h7-10,14H,2-6,11H2,1H3,(H,22,23). The third kappa shape index (κ3) is 3.05. The van der Waals surface area contributed by atoms with Gasteiger partial charge in [-0.2, -0.15) is 5.26 Å². The van der Waals surface area contributed by atoms with Crippen LogP contribution in [0.1, 0.15) is 60.1 Å². The number of aromatic amines is 1. The molecule has 1 aliphatic carbocycles. The van der Waals surface area contributed by atoms with Crippen molar-refractivity contribution in [3.63, 3.8) is 0 Å². The van der Waals surface area contributed by atoms with Gasteiger partial charge in [-0.3, -0.25) is 9.78 Å². The summed E-state index contributed by atoms with van der Waals surface area (Å²) in [5, 5.41) is 9.35. The van der Waals surface area contributed by atoms with Crippen molar-refractivity contribution < 1.29 is 0 Å². The molecule has 0 spiro atoms. The second-order valence-corrected chi connectivity index (χ2v) is 6.20. The fourth-order valence-electron chi connectivity index (χ4n) is 3.54. The molecule has 1 atom stereocenters. The molecule has 0 bridgehead atoms. The zero-order valence-electron chi connectivity index (χ0n) is 13.4. The van der Waals surface area contributed by atoms with Crippen molar-refractivity contribution in [3.05, 3.63) is 62.8 Å². The van der Waals surface area contributed by atoms with E-state index in [1.54, 1.807) is 0 Å². The zero-order valence-corrected chi connectivity index (χ0v) is 13.4. The first-order valence-electron chi connectivity index (χ1n) is 8.31. The molecule has 1 aliphatic rings. The van der Waals surface area contributed by atoms with Gasteiger partial charge in [0.05, 0.1) is 0 Å². The number of rotatable bonds is 4. The largest absolute Gasteiger partial charge is 0.325 e. The Kier molecular flexibility index (Phi) is 4.57. The highest BCUT2D eigenvalue weighted by molar-refractivity contribution is 5.46. The molecule has 0 amide bonds. The summed E-state index contributed by atoms with van der Waals surface area (Å²) in [5.41, 5.74) is 4.59. The molecule has 3 rings (SSSR count). The topological polar surface area (TPSA) is 69.5 Å². The highest BCUT2D eigenvalue weighted by Crippen LogP contribution is 2.34. The number of aryl methyl sites for hydroxylation is 1. The summed E-state index contributed by atoms with van der Waals surface area (Å²) in [6, 6.07) is 6.24. The van der Waals surface area contributed by atoms with Crippen LogP contribution in [0.2, 0.25) is 0 Å². The lowest BCUT2D eigenvalue weighted by atomic mass is 9.78. The lowest BCUT2D eigenvalue weighted by Gasteiger charge is -2.27. The summed E-state index contributed by atoms with van der Waals surface area (Å²) >= 11 is 0. The van der Waals surface area contributed by atoms with Crippen molar-refractivity contribution in [2.24, 2.45) is 0 Å². The van der Waals surface area contributed by atoms with E-state index in [9.17, 15) is 10.1 Å². The Morgan fingerprint density at radius 3 is 2.83 bits per heavy atom. The number of nitriles is 1. The van der Waals surface area contributed by atoms with Gasteiger partial charge in [-0.15, -0.1) is 0 Å². The van der Waals surface area contributed by atoms with E-state index in [-0.39, 0.29) is 5.56 Å². The van der Waals surface area contributed by atoms with Gasteiger partial charge in [0, 0.05) is 18.1 Å². The Balaban J connectivity index is 2.02. The van der Waals surface area contributed by atoms with Gasteiger partial charge in [-0.1, -0.05) is 13.3 Å². The maximum atomic E-state index is 12.2. The number of unbranched alkanes of at least 4 members (excludes halogenated alkanes) is 1.